The molecule has 5 rings (SSSR count). The van der Waals surface area contributed by atoms with Gasteiger partial charge in [0.25, 0.3) is 0 Å². The van der Waals surface area contributed by atoms with Crippen molar-refractivity contribution in [2.45, 2.75) is 6.42 Å². The van der Waals surface area contributed by atoms with Gasteiger partial charge in [-0.25, -0.2) is 0 Å². The third-order valence-electron chi connectivity index (χ3n) is 5.32. The van der Waals surface area contributed by atoms with E-state index in [1.165, 1.54) is 0 Å². The number of benzene rings is 4. The molecule has 1 aliphatic rings. The third kappa shape index (κ3) is 3.31. The topological polar surface area (TPSA) is 43.4 Å². The molecule has 4 aromatic rings. The molecule has 0 unspecified atom stereocenters. The molecule has 1 heterocycles. The molecule has 0 bridgehead atoms. The van der Waals surface area contributed by atoms with Gasteiger partial charge in [0.05, 0.1) is 0 Å². The molecule has 0 fully saturated rings. The second-order valence-electron chi connectivity index (χ2n) is 7.31. The molecule has 0 radical (unpaired) electrons. The van der Waals surface area contributed by atoms with E-state index >= 15 is 0 Å². The van der Waals surface area contributed by atoms with Gasteiger partial charge >= 0.3 is 0 Å². The molecule has 3 nitrogen and oxygen atoms in total. The molecule has 1 aliphatic heterocycles. The van der Waals surface area contributed by atoms with Crippen LogP contribution in [0.3, 0.4) is 0 Å². The van der Waals surface area contributed by atoms with Crippen LogP contribution in [0.25, 0.3) is 0 Å². The van der Waals surface area contributed by atoms with Crippen molar-refractivity contribution in [2.24, 2.45) is 0 Å². The van der Waals surface area contributed by atoms with Crippen LogP contribution >= 0.6 is 0 Å². The van der Waals surface area contributed by atoms with Crippen LogP contribution in [-0.2, 0) is 6.42 Å². The van der Waals surface area contributed by atoms with Gasteiger partial charge in [0.2, 0.25) is 0 Å². The first-order valence-corrected chi connectivity index (χ1v) is 9.82. The van der Waals surface area contributed by atoms with Gasteiger partial charge in [0, 0.05) is 39.8 Å². The highest BCUT2D eigenvalue weighted by Gasteiger charge is 2.21. The van der Waals surface area contributed by atoms with Crippen molar-refractivity contribution in [1.29, 1.82) is 0 Å². The molecular weight excluding hydrogens is 372 g/mol. The first-order valence-electron chi connectivity index (χ1n) is 9.82. The van der Waals surface area contributed by atoms with Crippen molar-refractivity contribution in [1.82, 2.24) is 0 Å². The highest BCUT2D eigenvalue weighted by molar-refractivity contribution is 6.10. The quantitative estimate of drug-likeness (QED) is 0.362. The second kappa shape index (κ2) is 7.45. The van der Waals surface area contributed by atoms with E-state index in [1.807, 2.05) is 84.9 Å². The number of ketones is 2. The van der Waals surface area contributed by atoms with E-state index in [9.17, 15) is 9.59 Å². The summed E-state index contributed by atoms with van der Waals surface area (Å²) in [6, 6.07) is 29.5. The number of hydrogen-bond donors (Lipinski definition) is 0. The number of hydrogen-bond acceptors (Lipinski definition) is 3. The third-order valence-corrected chi connectivity index (χ3v) is 5.32. The molecule has 3 heteroatoms. The van der Waals surface area contributed by atoms with E-state index in [0.29, 0.717) is 28.7 Å². The van der Waals surface area contributed by atoms with Crippen molar-refractivity contribution >= 4 is 11.6 Å². The fourth-order valence-corrected chi connectivity index (χ4v) is 3.75. The number of fused-ring (bicyclic) bond motifs is 2. The molecule has 144 valence electrons. The lowest BCUT2D eigenvalue weighted by atomic mass is 9.93. The van der Waals surface area contributed by atoms with Gasteiger partial charge in [-0.1, -0.05) is 60.7 Å². The lowest BCUT2D eigenvalue weighted by Gasteiger charge is -2.21. The molecular formula is C27H18O3. The summed E-state index contributed by atoms with van der Waals surface area (Å²) in [5, 5.41) is 0. The second-order valence-corrected chi connectivity index (χ2v) is 7.31. The minimum Gasteiger partial charge on any atom is -0.457 e. The predicted molar refractivity (Wildman–Crippen MR) is 116 cm³/mol. The Morgan fingerprint density at radius 1 is 0.533 bits per heavy atom. The van der Waals surface area contributed by atoms with Gasteiger partial charge in [-0.15, -0.1) is 0 Å². The minimum atomic E-state index is -0.0165. The fraction of sp³-hybridized carbons (Fsp3) is 0.0370. The van der Waals surface area contributed by atoms with Gasteiger partial charge in [-0.3, -0.25) is 9.59 Å². The lowest BCUT2D eigenvalue weighted by molar-refractivity contribution is 0.103. The van der Waals surface area contributed by atoms with Crippen LogP contribution in [0.2, 0.25) is 0 Å². The minimum absolute atomic E-state index is 0.0165. The van der Waals surface area contributed by atoms with E-state index in [2.05, 4.69) is 0 Å². The molecule has 30 heavy (non-hydrogen) atoms. The summed E-state index contributed by atoms with van der Waals surface area (Å²) in [5.41, 5.74) is 4.45. The summed E-state index contributed by atoms with van der Waals surface area (Å²) < 4.78 is 6.04. The molecule has 0 saturated heterocycles. The van der Waals surface area contributed by atoms with Crippen LogP contribution < -0.4 is 4.74 Å². The zero-order chi connectivity index (χ0) is 20.5. The summed E-state index contributed by atoms with van der Waals surface area (Å²) >= 11 is 0. The van der Waals surface area contributed by atoms with Crippen LogP contribution in [0.4, 0.5) is 0 Å². The van der Waals surface area contributed by atoms with Crippen molar-refractivity contribution in [3.05, 3.63) is 130 Å². The first kappa shape index (κ1) is 18.1. The fourth-order valence-electron chi connectivity index (χ4n) is 3.75. The van der Waals surface area contributed by atoms with Crippen LogP contribution in [0.5, 0.6) is 11.5 Å². The molecule has 0 atom stereocenters. The maximum absolute atomic E-state index is 12.8. The van der Waals surface area contributed by atoms with E-state index in [1.54, 1.807) is 12.1 Å². The number of rotatable bonds is 4. The maximum Gasteiger partial charge on any atom is 0.193 e. The van der Waals surface area contributed by atoms with E-state index in [4.69, 9.17) is 4.74 Å². The number of ether oxygens (including phenoxy) is 1. The largest absolute Gasteiger partial charge is 0.457 e. The summed E-state index contributed by atoms with van der Waals surface area (Å²) in [4.78, 5) is 25.6. The summed E-state index contributed by atoms with van der Waals surface area (Å²) in [7, 11) is 0. The summed E-state index contributed by atoms with van der Waals surface area (Å²) in [6.07, 6.45) is 0.608. The van der Waals surface area contributed by atoms with Crippen LogP contribution in [-0.4, -0.2) is 11.6 Å². The van der Waals surface area contributed by atoms with Gasteiger partial charge in [-0.05, 0) is 36.4 Å². The number of carbonyl (C=O) groups excluding carboxylic acids is 2. The van der Waals surface area contributed by atoms with Crippen LogP contribution in [0, 0.1) is 0 Å². The highest BCUT2D eigenvalue weighted by Crippen LogP contribution is 2.37. The normalized spacial score (nSPS) is 11.7. The Labute approximate surface area is 174 Å². The first-order chi connectivity index (χ1) is 14.7. The standard InChI is InChI=1S/C27H18O3/c28-26(18-7-3-1-4-8-18)20-11-13-24-22(15-20)17-23-16-21(12-14-25(23)30-24)27(29)19-9-5-2-6-10-19/h1-16H,17H2. The Morgan fingerprint density at radius 2 is 0.967 bits per heavy atom. The van der Waals surface area contributed by atoms with Gasteiger partial charge in [0.1, 0.15) is 11.5 Å². The van der Waals surface area contributed by atoms with E-state index in [-0.39, 0.29) is 11.6 Å². The van der Waals surface area contributed by atoms with Crippen molar-refractivity contribution < 1.29 is 14.3 Å². The Morgan fingerprint density at radius 3 is 1.40 bits per heavy atom. The molecule has 0 N–H and O–H groups in total. The van der Waals surface area contributed by atoms with E-state index in [0.717, 1.165) is 22.6 Å². The molecule has 0 amide bonds. The molecule has 0 aromatic heterocycles. The Balaban J connectivity index is 1.45. The van der Waals surface area contributed by atoms with Crippen molar-refractivity contribution in [3.8, 4) is 11.5 Å². The Hall–Kier alpha value is -3.98. The molecule has 0 spiro atoms. The molecule has 4 aromatic carbocycles. The number of carbonyl (C=O) groups is 2. The smallest absolute Gasteiger partial charge is 0.193 e. The molecule has 0 saturated carbocycles. The average Bonchev–Trinajstić information content (AvgIpc) is 2.82. The van der Waals surface area contributed by atoms with Crippen molar-refractivity contribution in [2.75, 3.05) is 0 Å². The Bertz CT molecular complexity index is 1160. The zero-order valence-electron chi connectivity index (χ0n) is 16.2. The van der Waals surface area contributed by atoms with Gasteiger partial charge < -0.3 is 4.74 Å². The lowest BCUT2D eigenvalue weighted by Crippen LogP contribution is -2.08. The van der Waals surface area contributed by atoms with Crippen LogP contribution in [0.1, 0.15) is 43.0 Å². The summed E-state index contributed by atoms with van der Waals surface area (Å²) in [5.74, 6) is 1.46. The van der Waals surface area contributed by atoms with Gasteiger partial charge in [-0.2, -0.15) is 0 Å². The predicted octanol–water partition coefficient (Wildman–Crippen LogP) is 5.85. The van der Waals surface area contributed by atoms with Crippen molar-refractivity contribution in [3.63, 3.8) is 0 Å². The Kier molecular flexibility index (Phi) is 4.49. The summed E-state index contributed by atoms with van der Waals surface area (Å²) in [6.45, 7) is 0. The van der Waals surface area contributed by atoms with Crippen LogP contribution in [0.15, 0.2) is 97.1 Å². The zero-order valence-corrected chi connectivity index (χ0v) is 16.2. The highest BCUT2D eigenvalue weighted by atomic mass is 16.5. The van der Waals surface area contributed by atoms with E-state index < -0.39 is 0 Å². The average molecular weight is 390 g/mol. The van der Waals surface area contributed by atoms with Gasteiger partial charge in [0.15, 0.2) is 11.6 Å². The SMILES string of the molecule is O=C(c1ccccc1)c1ccc2c(c1)Cc1cc(C(=O)c3ccccc3)ccc1O2. The monoisotopic (exact) mass is 390 g/mol. The molecule has 0 aliphatic carbocycles. The maximum atomic E-state index is 12.8.